The van der Waals surface area contributed by atoms with E-state index in [9.17, 15) is 4.79 Å². The van der Waals surface area contributed by atoms with Gasteiger partial charge in [0.15, 0.2) is 11.5 Å². The summed E-state index contributed by atoms with van der Waals surface area (Å²) in [7, 11) is 3.18. The predicted molar refractivity (Wildman–Crippen MR) is 131 cm³/mol. The van der Waals surface area contributed by atoms with Gasteiger partial charge in [0.1, 0.15) is 18.2 Å². The van der Waals surface area contributed by atoms with Gasteiger partial charge in [0.25, 0.3) is 5.91 Å². The Balaban J connectivity index is 1.44. The summed E-state index contributed by atoms with van der Waals surface area (Å²) in [6.45, 7) is 0.379. The van der Waals surface area contributed by atoms with E-state index in [0.29, 0.717) is 35.2 Å². The van der Waals surface area contributed by atoms with Gasteiger partial charge in [-0.25, -0.2) is 0 Å². The number of hydrazine groups is 1. The summed E-state index contributed by atoms with van der Waals surface area (Å²) < 4.78 is 17.0. The minimum atomic E-state index is -0.212. The molecule has 0 bridgehead atoms. The first-order valence-corrected chi connectivity index (χ1v) is 10.6. The first kappa shape index (κ1) is 21.3. The van der Waals surface area contributed by atoms with Gasteiger partial charge in [0, 0.05) is 35.6 Å². The van der Waals surface area contributed by atoms with E-state index in [-0.39, 0.29) is 5.91 Å². The van der Waals surface area contributed by atoms with Crippen LogP contribution in [-0.2, 0) is 0 Å². The van der Waals surface area contributed by atoms with Gasteiger partial charge >= 0.3 is 0 Å². The Hall–Kier alpha value is -4.59. The molecule has 1 aromatic heterocycles. The molecular weight excluding hydrogens is 432 g/mol. The molecule has 8 nitrogen and oxygen atoms in total. The van der Waals surface area contributed by atoms with Gasteiger partial charge in [0.05, 0.1) is 19.7 Å². The molecule has 0 radical (unpaired) electrons. The highest BCUT2D eigenvalue weighted by Gasteiger charge is 2.13. The number of aromatic nitrogens is 1. The number of carbonyl (C=O) groups excluding carboxylic acids is 1. The molecule has 0 saturated carbocycles. The Kier molecular flexibility index (Phi) is 5.70. The molecule has 8 heteroatoms. The second kappa shape index (κ2) is 9.11. The van der Waals surface area contributed by atoms with Crippen molar-refractivity contribution in [1.29, 1.82) is 0 Å². The Bertz CT molecular complexity index is 1450. The summed E-state index contributed by atoms with van der Waals surface area (Å²) >= 11 is 0. The van der Waals surface area contributed by atoms with E-state index in [1.807, 2.05) is 42.5 Å². The van der Waals surface area contributed by atoms with Crippen LogP contribution >= 0.6 is 0 Å². The van der Waals surface area contributed by atoms with Crippen LogP contribution in [0.4, 0.5) is 0 Å². The quantitative estimate of drug-likeness (QED) is 0.455. The van der Waals surface area contributed by atoms with Crippen LogP contribution in [0.5, 0.6) is 23.0 Å². The van der Waals surface area contributed by atoms with Crippen molar-refractivity contribution in [2.24, 2.45) is 4.99 Å². The van der Waals surface area contributed by atoms with Crippen LogP contribution in [0.25, 0.3) is 21.7 Å². The van der Waals surface area contributed by atoms with Crippen molar-refractivity contribution >= 4 is 33.8 Å². The molecule has 0 spiro atoms. The molecule has 0 aliphatic carbocycles. The zero-order valence-electron chi connectivity index (χ0n) is 18.7. The summed E-state index contributed by atoms with van der Waals surface area (Å²) in [6.07, 6.45) is 6.91. The standard InChI is InChI=1S/C26H22N4O4/c1-32-24-14-21-22(15-25(24)33-2)28-10-8-23(21)34-20-7-6-17-4-5-18(12-19(17)13-20)26(31)29-30-11-3-9-27-16-30/h3-15H,16H2,1-2H3,(H,29,31). The van der Waals surface area contributed by atoms with Crippen LogP contribution in [0.15, 0.2) is 78.1 Å². The van der Waals surface area contributed by atoms with Crippen molar-refractivity contribution in [1.82, 2.24) is 15.4 Å². The van der Waals surface area contributed by atoms with Gasteiger partial charge in [-0.3, -0.25) is 25.2 Å². The predicted octanol–water partition coefficient (Wildman–Crippen LogP) is 4.70. The second-order valence-electron chi connectivity index (χ2n) is 7.58. The molecule has 0 atom stereocenters. The van der Waals surface area contributed by atoms with Gasteiger partial charge in [-0.1, -0.05) is 12.1 Å². The third-order valence-corrected chi connectivity index (χ3v) is 5.45. The SMILES string of the molecule is COc1cc2nccc(Oc3ccc4ccc(C(=O)NN5C=CC=NC5)cc4c3)c2cc1OC. The Morgan fingerprint density at radius 1 is 0.941 bits per heavy atom. The Labute approximate surface area is 196 Å². The summed E-state index contributed by atoms with van der Waals surface area (Å²) in [5.41, 5.74) is 4.10. The molecule has 0 fully saturated rings. The summed E-state index contributed by atoms with van der Waals surface area (Å²) in [5, 5.41) is 4.31. The van der Waals surface area contributed by atoms with Crippen LogP contribution in [0.3, 0.4) is 0 Å². The van der Waals surface area contributed by atoms with Crippen molar-refractivity contribution in [3.05, 3.63) is 78.6 Å². The zero-order valence-corrected chi connectivity index (χ0v) is 18.7. The van der Waals surface area contributed by atoms with Crippen molar-refractivity contribution in [2.75, 3.05) is 20.9 Å². The van der Waals surface area contributed by atoms with Crippen molar-refractivity contribution in [2.45, 2.75) is 0 Å². The maximum Gasteiger partial charge on any atom is 0.269 e. The van der Waals surface area contributed by atoms with E-state index < -0.39 is 0 Å². The number of aliphatic imine (C=N–C) groups is 1. The lowest BCUT2D eigenvalue weighted by Gasteiger charge is -2.20. The Morgan fingerprint density at radius 3 is 2.56 bits per heavy atom. The third kappa shape index (κ3) is 4.21. The molecule has 1 aliphatic heterocycles. The summed E-state index contributed by atoms with van der Waals surface area (Å²) in [5.74, 6) is 2.26. The molecule has 34 heavy (non-hydrogen) atoms. The van der Waals surface area contributed by atoms with E-state index in [0.717, 1.165) is 21.7 Å². The van der Waals surface area contributed by atoms with Crippen LogP contribution in [0.2, 0.25) is 0 Å². The molecule has 1 N–H and O–H groups in total. The molecule has 4 aromatic rings. The number of ether oxygens (including phenoxy) is 3. The van der Waals surface area contributed by atoms with Crippen molar-refractivity contribution < 1.29 is 19.0 Å². The van der Waals surface area contributed by atoms with Crippen molar-refractivity contribution in [3.63, 3.8) is 0 Å². The third-order valence-electron chi connectivity index (χ3n) is 5.45. The lowest BCUT2D eigenvalue weighted by Crippen LogP contribution is -2.39. The molecule has 170 valence electrons. The highest BCUT2D eigenvalue weighted by atomic mass is 16.5. The maximum absolute atomic E-state index is 12.7. The topological polar surface area (TPSA) is 85.3 Å². The van der Waals surface area contributed by atoms with Gasteiger partial charge in [-0.05, 0) is 53.2 Å². The van der Waals surface area contributed by atoms with Gasteiger partial charge in [-0.15, -0.1) is 0 Å². The van der Waals surface area contributed by atoms with Crippen LogP contribution in [-0.4, -0.2) is 43.0 Å². The molecular formula is C26H22N4O4. The number of nitrogens with one attached hydrogen (secondary N) is 1. The maximum atomic E-state index is 12.7. The zero-order chi connectivity index (χ0) is 23.5. The number of fused-ring (bicyclic) bond motifs is 2. The fraction of sp³-hybridized carbons (Fsp3) is 0.115. The number of allylic oxidation sites excluding steroid dienone is 1. The fourth-order valence-electron chi connectivity index (χ4n) is 3.75. The van der Waals surface area contributed by atoms with Crippen LogP contribution in [0, 0.1) is 0 Å². The minimum absolute atomic E-state index is 0.212. The number of amides is 1. The average Bonchev–Trinajstić information content (AvgIpc) is 2.88. The lowest BCUT2D eigenvalue weighted by molar-refractivity contribution is 0.0853. The average molecular weight is 454 g/mol. The van der Waals surface area contributed by atoms with E-state index in [1.54, 1.807) is 56.0 Å². The monoisotopic (exact) mass is 454 g/mol. The number of pyridine rings is 1. The molecule has 0 saturated heterocycles. The first-order chi connectivity index (χ1) is 16.6. The highest BCUT2D eigenvalue weighted by Crippen LogP contribution is 2.37. The first-order valence-electron chi connectivity index (χ1n) is 10.6. The molecule has 5 rings (SSSR count). The number of nitrogens with zero attached hydrogens (tertiary/aromatic N) is 3. The number of hydrogen-bond acceptors (Lipinski definition) is 7. The van der Waals surface area contributed by atoms with Crippen molar-refractivity contribution in [3.8, 4) is 23.0 Å². The number of benzene rings is 3. The van der Waals surface area contributed by atoms with E-state index in [4.69, 9.17) is 14.2 Å². The van der Waals surface area contributed by atoms with E-state index in [1.165, 1.54) is 0 Å². The van der Waals surface area contributed by atoms with Crippen LogP contribution < -0.4 is 19.6 Å². The largest absolute Gasteiger partial charge is 0.493 e. The van der Waals surface area contributed by atoms with E-state index in [2.05, 4.69) is 15.4 Å². The molecule has 1 aliphatic rings. The minimum Gasteiger partial charge on any atom is -0.493 e. The van der Waals surface area contributed by atoms with Gasteiger partial charge < -0.3 is 14.2 Å². The van der Waals surface area contributed by atoms with Crippen LogP contribution in [0.1, 0.15) is 10.4 Å². The molecule has 0 unspecified atom stereocenters. The molecule has 3 aromatic carbocycles. The second-order valence-corrected chi connectivity index (χ2v) is 7.58. The van der Waals surface area contributed by atoms with Gasteiger partial charge in [-0.2, -0.15) is 0 Å². The summed E-state index contributed by atoms with van der Waals surface area (Å²) in [4.78, 5) is 21.2. The molecule has 2 heterocycles. The van der Waals surface area contributed by atoms with Gasteiger partial charge in [0.2, 0.25) is 0 Å². The normalized spacial score (nSPS) is 12.7. The number of hydrogen-bond donors (Lipinski definition) is 1. The smallest absolute Gasteiger partial charge is 0.269 e. The highest BCUT2D eigenvalue weighted by molar-refractivity contribution is 5.98. The Morgan fingerprint density at radius 2 is 1.76 bits per heavy atom. The number of carbonyl (C=O) groups is 1. The lowest BCUT2D eigenvalue weighted by atomic mass is 10.1. The molecule has 1 amide bonds. The summed E-state index contributed by atoms with van der Waals surface area (Å²) in [6, 6.07) is 16.8. The van der Waals surface area contributed by atoms with E-state index >= 15 is 0 Å². The fourth-order valence-corrected chi connectivity index (χ4v) is 3.75. The number of rotatable bonds is 6. The number of methoxy groups -OCH3 is 2.